The minimum absolute atomic E-state index is 0.0796. The largest absolute Gasteiger partial charge is 0.508 e. The van der Waals surface area contributed by atoms with Crippen molar-refractivity contribution in [3.8, 4) is 11.5 Å². The van der Waals surface area contributed by atoms with Gasteiger partial charge >= 0.3 is 12.4 Å². The Morgan fingerprint density at radius 2 is 0.889 bits per heavy atom. The van der Waals surface area contributed by atoms with Crippen molar-refractivity contribution in [2.45, 2.75) is 45.5 Å². The number of phenolic OH excluding ortho intramolecular Hbond substituents is 2. The number of benzene rings is 2. The van der Waals surface area contributed by atoms with Gasteiger partial charge in [0.05, 0.1) is 0 Å². The number of hydrogen-bond acceptors (Lipinski definition) is 2. The van der Waals surface area contributed by atoms with Gasteiger partial charge in [-0.2, -0.15) is 26.3 Å². The Bertz CT molecular complexity index is 761. The van der Waals surface area contributed by atoms with E-state index in [1.165, 1.54) is 27.7 Å². The monoisotopic (exact) mass is 392 g/mol. The molecule has 0 saturated carbocycles. The summed E-state index contributed by atoms with van der Waals surface area (Å²) >= 11 is 0. The molecule has 0 heterocycles. The molecule has 8 heteroatoms. The van der Waals surface area contributed by atoms with Gasteiger partial charge < -0.3 is 10.2 Å². The van der Waals surface area contributed by atoms with Crippen LogP contribution in [0, 0.1) is 27.7 Å². The van der Waals surface area contributed by atoms with Crippen LogP contribution in [0.4, 0.5) is 26.3 Å². The summed E-state index contributed by atoms with van der Waals surface area (Å²) < 4.78 is 84.5. The van der Waals surface area contributed by atoms with Crippen molar-refractivity contribution in [3.63, 3.8) is 0 Å². The van der Waals surface area contributed by atoms with E-state index in [0.29, 0.717) is 12.1 Å². The molecule has 2 aromatic rings. The van der Waals surface area contributed by atoms with Gasteiger partial charge in [-0.3, -0.25) is 0 Å². The van der Waals surface area contributed by atoms with Crippen molar-refractivity contribution in [1.29, 1.82) is 0 Å². The molecule has 0 bridgehead atoms. The molecule has 2 N–H and O–H groups in total. The lowest BCUT2D eigenvalue weighted by molar-refractivity contribution is -0.288. The number of halogens is 6. The SMILES string of the molecule is Cc1cc(C(c2cc(C)c(C)c(O)c2)(C(F)(F)F)C(F)(F)F)cc(O)c1C. The third kappa shape index (κ3) is 3.11. The number of phenols is 2. The number of hydrogen-bond donors (Lipinski definition) is 2. The van der Waals surface area contributed by atoms with Crippen LogP contribution in [0.25, 0.3) is 0 Å². The van der Waals surface area contributed by atoms with Crippen LogP contribution in [0.1, 0.15) is 33.4 Å². The summed E-state index contributed by atoms with van der Waals surface area (Å²) in [6.07, 6.45) is -11.6. The maximum Gasteiger partial charge on any atom is 0.411 e. The standard InChI is InChI=1S/C19H18F6O2/c1-9-5-13(7-15(26)11(9)3)17(18(20,21)22,19(23,24)25)14-6-10(2)12(4)16(27)8-14/h5-8,26-27H,1-4H3. The highest BCUT2D eigenvalue weighted by Crippen LogP contribution is 2.57. The number of aryl methyl sites for hydroxylation is 2. The molecule has 0 aliphatic heterocycles. The fourth-order valence-electron chi connectivity index (χ4n) is 3.10. The first-order chi connectivity index (χ1) is 12.1. The van der Waals surface area contributed by atoms with Crippen LogP contribution in [0.5, 0.6) is 11.5 Å². The Morgan fingerprint density at radius 1 is 0.593 bits per heavy atom. The lowest BCUT2D eigenvalue weighted by Gasteiger charge is -2.39. The Morgan fingerprint density at radius 3 is 1.11 bits per heavy atom. The highest BCUT2D eigenvalue weighted by molar-refractivity contribution is 5.54. The zero-order chi connectivity index (χ0) is 20.9. The zero-order valence-electron chi connectivity index (χ0n) is 15.0. The van der Waals surface area contributed by atoms with Crippen LogP contribution in [0.2, 0.25) is 0 Å². The molecule has 2 aromatic carbocycles. The van der Waals surface area contributed by atoms with E-state index in [4.69, 9.17) is 0 Å². The summed E-state index contributed by atoms with van der Waals surface area (Å²) in [4.78, 5) is 0. The molecule has 0 fully saturated rings. The van der Waals surface area contributed by atoms with Gasteiger partial charge in [0.2, 0.25) is 5.41 Å². The first-order valence-electron chi connectivity index (χ1n) is 7.89. The van der Waals surface area contributed by atoms with Crippen LogP contribution in [-0.4, -0.2) is 22.6 Å². The molecule has 2 rings (SSSR count). The van der Waals surface area contributed by atoms with Crippen molar-refractivity contribution in [3.05, 3.63) is 57.6 Å². The van der Waals surface area contributed by atoms with Gasteiger partial charge in [-0.1, -0.05) is 12.1 Å². The average Bonchev–Trinajstić information content (AvgIpc) is 2.47. The molecule has 0 radical (unpaired) electrons. The molecule has 27 heavy (non-hydrogen) atoms. The van der Waals surface area contributed by atoms with Crippen LogP contribution < -0.4 is 0 Å². The molecule has 0 aromatic heterocycles. The first-order valence-corrected chi connectivity index (χ1v) is 7.89. The average molecular weight is 392 g/mol. The molecule has 0 aliphatic carbocycles. The fraction of sp³-hybridized carbons (Fsp3) is 0.368. The Labute approximate surface area is 152 Å². The van der Waals surface area contributed by atoms with Gasteiger partial charge in [0.25, 0.3) is 0 Å². The van der Waals surface area contributed by atoms with Crippen LogP contribution in [0.3, 0.4) is 0 Å². The van der Waals surface area contributed by atoms with Gasteiger partial charge in [0.1, 0.15) is 11.5 Å². The molecule has 0 aliphatic rings. The quantitative estimate of drug-likeness (QED) is 0.640. The van der Waals surface area contributed by atoms with Gasteiger partial charge in [0, 0.05) is 0 Å². The topological polar surface area (TPSA) is 40.5 Å². The summed E-state index contributed by atoms with van der Waals surface area (Å²) in [5.41, 5.74) is -6.21. The minimum atomic E-state index is -5.78. The maximum absolute atomic E-state index is 14.1. The summed E-state index contributed by atoms with van der Waals surface area (Å²) in [6, 6.07) is 2.50. The number of rotatable bonds is 2. The summed E-state index contributed by atoms with van der Waals surface area (Å²) in [5.74, 6) is -1.34. The third-order valence-electron chi connectivity index (χ3n) is 5.00. The van der Waals surface area contributed by atoms with Gasteiger partial charge in [-0.05, 0) is 73.2 Å². The lowest BCUT2D eigenvalue weighted by atomic mass is 9.71. The van der Waals surface area contributed by atoms with Crippen molar-refractivity contribution >= 4 is 0 Å². The Balaban J connectivity index is 3.06. The normalized spacial score (nSPS) is 13.1. The Hall–Kier alpha value is -2.38. The molecule has 0 saturated heterocycles. The first kappa shape index (κ1) is 20.9. The van der Waals surface area contributed by atoms with Crippen molar-refractivity contribution in [1.82, 2.24) is 0 Å². The van der Waals surface area contributed by atoms with E-state index in [-0.39, 0.29) is 22.3 Å². The van der Waals surface area contributed by atoms with E-state index in [2.05, 4.69) is 0 Å². The van der Waals surface area contributed by atoms with Crippen LogP contribution in [0.15, 0.2) is 24.3 Å². The van der Waals surface area contributed by atoms with Gasteiger partial charge in [-0.15, -0.1) is 0 Å². The summed E-state index contributed by atoms with van der Waals surface area (Å²) in [5, 5.41) is 19.8. The van der Waals surface area contributed by atoms with E-state index in [9.17, 15) is 36.6 Å². The highest BCUT2D eigenvalue weighted by atomic mass is 19.4. The molecule has 0 unspecified atom stereocenters. The highest BCUT2D eigenvalue weighted by Gasteiger charge is 2.72. The Kier molecular flexibility index (Phi) is 4.92. The molecule has 148 valence electrons. The van der Waals surface area contributed by atoms with E-state index < -0.39 is 40.4 Å². The molecule has 0 spiro atoms. The van der Waals surface area contributed by atoms with E-state index >= 15 is 0 Å². The van der Waals surface area contributed by atoms with Crippen LogP contribution >= 0.6 is 0 Å². The van der Waals surface area contributed by atoms with Crippen molar-refractivity contribution in [2.75, 3.05) is 0 Å². The van der Waals surface area contributed by atoms with E-state index in [1.807, 2.05) is 0 Å². The van der Waals surface area contributed by atoms with Gasteiger partial charge in [-0.25, -0.2) is 0 Å². The number of aromatic hydroxyl groups is 2. The fourth-order valence-corrected chi connectivity index (χ4v) is 3.10. The van der Waals surface area contributed by atoms with Gasteiger partial charge in [0.15, 0.2) is 0 Å². The summed E-state index contributed by atoms with van der Waals surface area (Å²) in [6.45, 7) is 5.40. The maximum atomic E-state index is 14.1. The van der Waals surface area contributed by atoms with Crippen molar-refractivity contribution in [2.24, 2.45) is 0 Å². The minimum Gasteiger partial charge on any atom is -0.508 e. The zero-order valence-corrected chi connectivity index (χ0v) is 15.0. The molecule has 2 nitrogen and oxygen atoms in total. The second kappa shape index (κ2) is 6.35. The lowest BCUT2D eigenvalue weighted by Crippen LogP contribution is -2.54. The second-order valence-electron chi connectivity index (χ2n) is 6.62. The van der Waals surface area contributed by atoms with E-state index in [1.54, 1.807) is 0 Å². The number of alkyl halides is 6. The summed E-state index contributed by atoms with van der Waals surface area (Å²) in [7, 11) is 0. The smallest absolute Gasteiger partial charge is 0.411 e. The van der Waals surface area contributed by atoms with Crippen molar-refractivity contribution < 1.29 is 36.6 Å². The molecule has 0 atom stereocenters. The third-order valence-corrected chi connectivity index (χ3v) is 5.00. The molecule has 0 amide bonds. The predicted octanol–water partition coefficient (Wildman–Crippen LogP) is 5.74. The second-order valence-corrected chi connectivity index (χ2v) is 6.62. The van der Waals surface area contributed by atoms with Crippen LogP contribution in [-0.2, 0) is 5.41 Å². The molecular formula is C19H18F6O2. The molecular weight excluding hydrogens is 374 g/mol. The van der Waals surface area contributed by atoms with E-state index in [0.717, 1.165) is 12.1 Å². The predicted molar refractivity (Wildman–Crippen MR) is 88.1 cm³/mol.